The van der Waals surface area contributed by atoms with Crippen molar-refractivity contribution >= 4 is 17.5 Å². The summed E-state index contributed by atoms with van der Waals surface area (Å²) in [4.78, 5) is 11.8. The van der Waals surface area contributed by atoms with Gasteiger partial charge in [-0.1, -0.05) is 35.4 Å². The van der Waals surface area contributed by atoms with E-state index in [0.29, 0.717) is 18.0 Å². The first-order valence-electron chi connectivity index (χ1n) is 6.14. The van der Waals surface area contributed by atoms with Gasteiger partial charge in [-0.15, -0.1) is 0 Å². The van der Waals surface area contributed by atoms with E-state index in [1.54, 1.807) is 12.1 Å². The van der Waals surface area contributed by atoms with Crippen molar-refractivity contribution in [2.45, 2.75) is 12.8 Å². The number of hydrogen-bond donors (Lipinski definition) is 2. The summed E-state index contributed by atoms with van der Waals surface area (Å²) in [6, 6.07) is 7.37. The maximum absolute atomic E-state index is 11.8. The summed E-state index contributed by atoms with van der Waals surface area (Å²) in [5, 5.41) is 6.89. The van der Waals surface area contributed by atoms with E-state index in [2.05, 4.69) is 16.7 Å². The van der Waals surface area contributed by atoms with E-state index >= 15 is 0 Å². The lowest BCUT2D eigenvalue weighted by Crippen LogP contribution is -2.30. The van der Waals surface area contributed by atoms with Gasteiger partial charge in [0.1, 0.15) is 0 Å². The Bertz CT molecular complexity index is 440. The van der Waals surface area contributed by atoms with Crippen molar-refractivity contribution in [3.05, 3.63) is 46.5 Å². The van der Waals surface area contributed by atoms with E-state index in [1.807, 2.05) is 12.1 Å². The third kappa shape index (κ3) is 4.17. The summed E-state index contributed by atoms with van der Waals surface area (Å²) in [7, 11) is 0. The van der Waals surface area contributed by atoms with Gasteiger partial charge in [-0.2, -0.15) is 0 Å². The van der Waals surface area contributed by atoms with E-state index in [9.17, 15) is 4.79 Å². The number of halogens is 1. The van der Waals surface area contributed by atoms with Crippen LogP contribution in [0.5, 0.6) is 0 Å². The molecule has 0 unspecified atom stereocenters. The van der Waals surface area contributed by atoms with Crippen LogP contribution in [0, 0.1) is 0 Å². The van der Waals surface area contributed by atoms with Crippen molar-refractivity contribution in [3.63, 3.8) is 0 Å². The highest BCUT2D eigenvalue weighted by Crippen LogP contribution is 2.10. The Labute approximate surface area is 112 Å². The lowest BCUT2D eigenvalue weighted by molar-refractivity contribution is -0.120. The molecule has 0 spiro atoms. The fourth-order valence-electron chi connectivity index (χ4n) is 1.89. The minimum absolute atomic E-state index is 0.0526. The van der Waals surface area contributed by atoms with Crippen molar-refractivity contribution in [3.8, 4) is 0 Å². The first kappa shape index (κ1) is 13.1. The molecular formula is C14H17ClN2O. The van der Waals surface area contributed by atoms with Gasteiger partial charge in [0.2, 0.25) is 5.91 Å². The normalized spacial score (nSPS) is 15.1. The number of hydrogen-bond acceptors (Lipinski definition) is 2. The summed E-state index contributed by atoms with van der Waals surface area (Å²) < 4.78 is 0. The second-order valence-electron chi connectivity index (χ2n) is 4.40. The number of carbonyl (C=O) groups is 1. The molecule has 1 amide bonds. The molecule has 2 N–H and O–H groups in total. The van der Waals surface area contributed by atoms with Crippen LogP contribution in [0.1, 0.15) is 12.0 Å². The van der Waals surface area contributed by atoms with Crippen LogP contribution >= 0.6 is 11.6 Å². The molecule has 1 aromatic rings. The Morgan fingerprint density at radius 2 is 2.11 bits per heavy atom. The van der Waals surface area contributed by atoms with E-state index in [4.69, 9.17) is 11.6 Å². The molecule has 0 bridgehead atoms. The van der Waals surface area contributed by atoms with Crippen LogP contribution in [-0.4, -0.2) is 25.5 Å². The zero-order valence-corrected chi connectivity index (χ0v) is 11.0. The monoisotopic (exact) mass is 264 g/mol. The number of carbonyl (C=O) groups excluding carboxylic acids is 1. The first-order chi connectivity index (χ1) is 8.74. The Morgan fingerprint density at radius 1 is 1.33 bits per heavy atom. The molecule has 0 saturated carbocycles. The van der Waals surface area contributed by atoms with Crippen molar-refractivity contribution < 1.29 is 4.79 Å². The molecule has 0 radical (unpaired) electrons. The van der Waals surface area contributed by atoms with Crippen LogP contribution in [0.2, 0.25) is 5.02 Å². The zero-order valence-electron chi connectivity index (χ0n) is 10.2. The molecule has 18 heavy (non-hydrogen) atoms. The molecule has 1 aromatic carbocycles. The highest BCUT2D eigenvalue weighted by molar-refractivity contribution is 6.30. The predicted octanol–water partition coefficient (Wildman–Crippen LogP) is 1.92. The van der Waals surface area contributed by atoms with Gasteiger partial charge in [0.25, 0.3) is 0 Å². The van der Waals surface area contributed by atoms with Crippen molar-refractivity contribution in [2.75, 3.05) is 19.6 Å². The third-order valence-electron chi connectivity index (χ3n) is 2.95. The molecule has 96 valence electrons. The second-order valence-corrected chi connectivity index (χ2v) is 4.83. The summed E-state index contributed by atoms with van der Waals surface area (Å²) >= 11 is 5.80. The highest BCUT2D eigenvalue weighted by atomic mass is 35.5. The fraction of sp³-hybridized carbons (Fsp3) is 0.357. The van der Waals surface area contributed by atoms with Gasteiger partial charge in [0, 0.05) is 18.1 Å². The van der Waals surface area contributed by atoms with Crippen LogP contribution in [0.3, 0.4) is 0 Å². The van der Waals surface area contributed by atoms with Gasteiger partial charge in [0.05, 0.1) is 6.42 Å². The largest absolute Gasteiger partial charge is 0.352 e. The maximum atomic E-state index is 11.8. The molecule has 2 rings (SSSR count). The molecule has 0 atom stereocenters. The summed E-state index contributed by atoms with van der Waals surface area (Å²) in [6.07, 6.45) is 3.57. The molecular weight excluding hydrogens is 248 g/mol. The maximum Gasteiger partial charge on any atom is 0.224 e. The van der Waals surface area contributed by atoms with Gasteiger partial charge < -0.3 is 10.6 Å². The van der Waals surface area contributed by atoms with Crippen molar-refractivity contribution in [1.82, 2.24) is 10.6 Å². The molecule has 3 nitrogen and oxygen atoms in total. The van der Waals surface area contributed by atoms with E-state index in [0.717, 1.165) is 25.1 Å². The van der Waals surface area contributed by atoms with Gasteiger partial charge >= 0.3 is 0 Å². The summed E-state index contributed by atoms with van der Waals surface area (Å²) in [5.74, 6) is 0.0526. The zero-order chi connectivity index (χ0) is 12.8. The standard InChI is InChI=1S/C14H17ClN2O/c15-13-3-1-11(2-4-13)9-14(18)17-10-12-5-7-16-8-6-12/h1-5,16H,6-10H2,(H,17,18). The molecule has 4 heteroatoms. The molecule has 0 aliphatic carbocycles. The van der Waals surface area contributed by atoms with E-state index in [-0.39, 0.29) is 5.91 Å². The van der Waals surface area contributed by atoms with Crippen molar-refractivity contribution in [2.24, 2.45) is 0 Å². The average Bonchev–Trinajstić information content (AvgIpc) is 2.40. The average molecular weight is 265 g/mol. The fourth-order valence-corrected chi connectivity index (χ4v) is 2.02. The second kappa shape index (κ2) is 6.57. The molecule has 0 aromatic heterocycles. The van der Waals surface area contributed by atoms with Crippen LogP contribution in [0.4, 0.5) is 0 Å². The quantitative estimate of drug-likeness (QED) is 0.816. The Morgan fingerprint density at radius 3 is 2.78 bits per heavy atom. The summed E-state index contributed by atoms with van der Waals surface area (Å²) in [5.41, 5.74) is 2.29. The minimum atomic E-state index is 0.0526. The topological polar surface area (TPSA) is 41.1 Å². The smallest absolute Gasteiger partial charge is 0.224 e. The lowest BCUT2D eigenvalue weighted by atomic mass is 10.1. The van der Waals surface area contributed by atoms with E-state index in [1.165, 1.54) is 5.57 Å². The van der Waals surface area contributed by atoms with Gasteiger partial charge in [-0.25, -0.2) is 0 Å². The van der Waals surface area contributed by atoms with Crippen molar-refractivity contribution in [1.29, 1.82) is 0 Å². The molecule has 1 aliphatic rings. The van der Waals surface area contributed by atoms with Gasteiger partial charge in [-0.05, 0) is 30.7 Å². The molecule has 1 heterocycles. The lowest BCUT2D eigenvalue weighted by Gasteiger charge is -2.14. The van der Waals surface area contributed by atoms with Crippen LogP contribution in [-0.2, 0) is 11.2 Å². The van der Waals surface area contributed by atoms with Crippen LogP contribution in [0.15, 0.2) is 35.9 Å². The SMILES string of the molecule is O=C(Cc1ccc(Cl)cc1)NCC1=CCNCC1. The van der Waals surface area contributed by atoms with Crippen LogP contribution < -0.4 is 10.6 Å². The Kier molecular flexibility index (Phi) is 4.79. The number of nitrogens with one attached hydrogen (secondary N) is 2. The van der Waals surface area contributed by atoms with Gasteiger partial charge in [0.15, 0.2) is 0 Å². The van der Waals surface area contributed by atoms with Gasteiger partial charge in [-0.3, -0.25) is 4.79 Å². The first-order valence-corrected chi connectivity index (χ1v) is 6.51. The van der Waals surface area contributed by atoms with E-state index < -0.39 is 0 Å². The minimum Gasteiger partial charge on any atom is -0.352 e. The highest BCUT2D eigenvalue weighted by Gasteiger charge is 2.06. The predicted molar refractivity (Wildman–Crippen MR) is 73.7 cm³/mol. The Hall–Kier alpha value is -1.32. The molecule has 0 saturated heterocycles. The van der Waals surface area contributed by atoms with Crippen LogP contribution in [0.25, 0.3) is 0 Å². The Balaban J connectivity index is 1.78. The number of rotatable bonds is 4. The number of benzene rings is 1. The number of amides is 1. The third-order valence-corrected chi connectivity index (χ3v) is 3.20. The molecule has 0 fully saturated rings. The summed E-state index contributed by atoms with van der Waals surface area (Å²) in [6.45, 7) is 2.56. The molecule has 1 aliphatic heterocycles.